The molecule has 0 aromatic heterocycles. The molecule has 0 saturated carbocycles. The summed E-state index contributed by atoms with van der Waals surface area (Å²) in [6.07, 6.45) is -1.73. The van der Waals surface area contributed by atoms with Crippen molar-refractivity contribution >= 4 is 35.8 Å². The fraction of sp³-hybridized carbons (Fsp3) is 0.538. The van der Waals surface area contributed by atoms with Crippen LogP contribution < -0.4 is 15.8 Å². The Balaban J connectivity index is 3.34. The number of hydrogen-bond acceptors (Lipinski definition) is 9. The van der Waals surface area contributed by atoms with Crippen molar-refractivity contribution in [1.29, 1.82) is 0 Å². The molecule has 0 spiro atoms. The minimum Gasteiger partial charge on any atom is -0.481 e. The number of carbonyl (C=O) groups is 6. The Morgan fingerprint density at radius 2 is 1.52 bits per heavy atom. The molecule has 6 N–H and O–H groups in total. The number of hydrogen-bond donors (Lipinski definition) is 5. The van der Waals surface area contributed by atoms with Crippen molar-refractivity contribution in [2.45, 2.75) is 83.6 Å². The van der Waals surface area contributed by atoms with Gasteiger partial charge in [0.25, 0.3) is 6.10 Å². The van der Waals surface area contributed by atoms with Crippen molar-refractivity contribution in [3.05, 3.63) is 29.8 Å². The van der Waals surface area contributed by atoms with Crippen LogP contribution in [-0.4, -0.2) is 86.4 Å². The molecule has 14 nitrogen and oxygen atoms in total. The fourth-order valence-corrected chi connectivity index (χ4v) is 3.42. The van der Waals surface area contributed by atoms with Crippen molar-refractivity contribution < 1.29 is 53.6 Å². The highest BCUT2D eigenvalue weighted by Gasteiger charge is 2.35. The number of nitrogens with zero attached hydrogens (tertiary/aromatic N) is 1. The average Bonchev–Trinajstić information content (AvgIpc) is 2.82. The number of carboxylic acid groups (broad SMARTS) is 3. The third kappa shape index (κ3) is 11.7. The van der Waals surface area contributed by atoms with Gasteiger partial charge in [0.1, 0.15) is 17.4 Å². The summed E-state index contributed by atoms with van der Waals surface area (Å²) in [5, 5.41) is 29.0. The molecule has 3 amide bonds. The largest absolute Gasteiger partial charge is 0.481 e. The van der Waals surface area contributed by atoms with Gasteiger partial charge in [-0.3, -0.25) is 24.6 Å². The Labute approximate surface area is 231 Å². The monoisotopic (exact) mass is 567 g/mol. The zero-order valence-electron chi connectivity index (χ0n) is 22.9. The Morgan fingerprint density at radius 3 is 2.00 bits per heavy atom. The molecule has 40 heavy (non-hydrogen) atoms. The van der Waals surface area contributed by atoms with Crippen LogP contribution in [0.25, 0.3) is 0 Å². The van der Waals surface area contributed by atoms with Crippen LogP contribution in [0.5, 0.6) is 5.75 Å². The Bertz CT molecular complexity index is 1050. The quantitative estimate of drug-likeness (QED) is 0.150. The Morgan fingerprint density at radius 1 is 0.950 bits per heavy atom. The first-order valence-electron chi connectivity index (χ1n) is 12.6. The van der Waals surface area contributed by atoms with E-state index in [9.17, 15) is 28.8 Å². The van der Waals surface area contributed by atoms with Crippen LogP contribution in [0.4, 0.5) is 4.79 Å². The lowest BCUT2D eigenvalue weighted by Gasteiger charge is -2.33. The second kappa shape index (κ2) is 15.4. The Hall–Kier alpha value is -4.20. The van der Waals surface area contributed by atoms with Gasteiger partial charge in [0.15, 0.2) is 0 Å². The maximum Gasteiger partial charge on any atom is 0.410 e. The molecule has 1 aromatic carbocycles. The van der Waals surface area contributed by atoms with Crippen LogP contribution in [0.15, 0.2) is 24.3 Å². The molecule has 0 radical (unpaired) electrons. The van der Waals surface area contributed by atoms with Gasteiger partial charge < -0.3 is 30.5 Å². The van der Waals surface area contributed by atoms with Crippen LogP contribution in [-0.2, 0) is 35.1 Å². The maximum absolute atomic E-state index is 13.3. The van der Waals surface area contributed by atoms with Crippen molar-refractivity contribution in [3.63, 3.8) is 0 Å². The molecule has 0 aliphatic rings. The van der Waals surface area contributed by atoms with E-state index in [0.717, 1.165) is 12.8 Å². The van der Waals surface area contributed by atoms with Gasteiger partial charge in [-0.15, -0.1) is 0 Å². The number of amides is 3. The molecule has 2 atom stereocenters. The zero-order valence-corrected chi connectivity index (χ0v) is 22.9. The molecule has 0 aliphatic heterocycles. The van der Waals surface area contributed by atoms with Gasteiger partial charge in [0, 0.05) is 13.0 Å². The number of aliphatic carboxylic acids is 3. The van der Waals surface area contributed by atoms with Crippen molar-refractivity contribution in [2.24, 2.45) is 5.73 Å². The number of ether oxygens (including phenoxy) is 2. The first-order valence-corrected chi connectivity index (χ1v) is 12.6. The van der Waals surface area contributed by atoms with Crippen LogP contribution in [0.2, 0.25) is 0 Å². The SMILES string of the molecule is CCCCCN(C(=O)OC(C)(C)C)[C@@H](Cc1ccc(OC(C(=O)O)C(=O)O)cc1)C(=O)NC(=O)[C@H](N)CC(=O)O. The molecule has 0 bridgehead atoms. The molecule has 222 valence electrons. The van der Waals surface area contributed by atoms with E-state index >= 15 is 0 Å². The predicted molar refractivity (Wildman–Crippen MR) is 139 cm³/mol. The number of benzene rings is 1. The minimum atomic E-state index is -2.13. The van der Waals surface area contributed by atoms with E-state index < -0.39 is 66.0 Å². The minimum absolute atomic E-state index is 0.0682. The lowest BCUT2D eigenvalue weighted by Crippen LogP contribution is -2.55. The van der Waals surface area contributed by atoms with Gasteiger partial charge in [-0.05, 0) is 44.9 Å². The van der Waals surface area contributed by atoms with E-state index in [1.54, 1.807) is 20.8 Å². The van der Waals surface area contributed by atoms with Gasteiger partial charge in [-0.25, -0.2) is 14.4 Å². The lowest BCUT2D eigenvalue weighted by molar-refractivity contribution is -0.159. The summed E-state index contributed by atoms with van der Waals surface area (Å²) in [5.74, 6) is -6.74. The van der Waals surface area contributed by atoms with Gasteiger partial charge in [-0.2, -0.15) is 0 Å². The van der Waals surface area contributed by atoms with E-state index in [0.29, 0.717) is 12.0 Å². The number of unbranched alkanes of at least 4 members (excludes halogenated alkanes) is 2. The van der Waals surface area contributed by atoms with Crippen molar-refractivity contribution in [1.82, 2.24) is 10.2 Å². The van der Waals surface area contributed by atoms with Crippen LogP contribution >= 0.6 is 0 Å². The molecule has 0 aliphatic carbocycles. The zero-order chi connectivity index (χ0) is 30.6. The second-order valence-electron chi connectivity index (χ2n) is 9.98. The smallest absolute Gasteiger partial charge is 0.410 e. The summed E-state index contributed by atoms with van der Waals surface area (Å²) in [4.78, 5) is 73.2. The van der Waals surface area contributed by atoms with Crippen LogP contribution in [0.3, 0.4) is 0 Å². The fourth-order valence-electron chi connectivity index (χ4n) is 3.42. The summed E-state index contributed by atoms with van der Waals surface area (Å²) >= 11 is 0. The first kappa shape index (κ1) is 33.8. The van der Waals surface area contributed by atoms with E-state index in [1.165, 1.54) is 29.2 Å². The van der Waals surface area contributed by atoms with Crippen LogP contribution in [0.1, 0.15) is 58.9 Å². The molecule has 1 rings (SSSR count). The summed E-state index contributed by atoms with van der Waals surface area (Å²) in [5.41, 5.74) is 5.13. The van der Waals surface area contributed by atoms with E-state index in [-0.39, 0.29) is 18.7 Å². The third-order valence-electron chi connectivity index (χ3n) is 5.34. The standard InChI is InChI=1S/C26H37N3O11/c1-5-6-7-12-29(25(38)40-26(2,3)4)18(22(33)28-21(32)17(27)14-19(30)31)13-15-8-10-16(11-9-15)39-20(23(34)35)24(36)37/h8-11,17-18,20H,5-7,12-14,27H2,1-4H3,(H,30,31)(H,34,35)(H,36,37)(H,28,32,33)/t17-,18+/m1/s1. The third-order valence-corrected chi connectivity index (χ3v) is 5.34. The Kier molecular flexibility index (Phi) is 13.0. The first-order chi connectivity index (χ1) is 18.5. The summed E-state index contributed by atoms with van der Waals surface area (Å²) in [6.45, 7) is 7.01. The van der Waals surface area contributed by atoms with E-state index in [1.807, 2.05) is 6.92 Å². The number of imide groups is 1. The predicted octanol–water partition coefficient (Wildman–Crippen LogP) is 1.39. The normalized spacial score (nSPS) is 12.7. The van der Waals surface area contributed by atoms with Gasteiger partial charge in [0.2, 0.25) is 11.8 Å². The maximum atomic E-state index is 13.3. The topological polar surface area (TPSA) is 223 Å². The highest BCUT2D eigenvalue weighted by atomic mass is 16.6. The van der Waals surface area contributed by atoms with Crippen molar-refractivity contribution in [2.75, 3.05) is 6.54 Å². The number of carbonyl (C=O) groups excluding carboxylic acids is 3. The summed E-state index contributed by atoms with van der Waals surface area (Å²) < 4.78 is 10.5. The van der Waals surface area contributed by atoms with E-state index in [2.05, 4.69) is 5.32 Å². The van der Waals surface area contributed by atoms with Crippen LogP contribution in [0, 0.1) is 0 Å². The number of carboxylic acids is 3. The molecule has 0 heterocycles. The molecule has 14 heteroatoms. The van der Waals surface area contributed by atoms with Crippen molar-refractivity contribution in [3.8, 4) is 5.75 Å². The van der Waals surface area contributed by atoms with Gasteiger partial charge >= 0.3 is 24.0 Å². The summed E-state index contributed by atoms with van der Waals surface area (Å²) in [7, 11) is 0. The number of nitrogens with one attached hydrogen (secondary N) is 1. The lowest BCUT2D eigenvalue weighted by atomic mass is 10.0. The van der Waals surface area contributed by atoms with E-state index in [4.69, 9.17) is 30.5 Å². The highest BCUT2D eigenvalue weighted by Crippen LogP contribution is 2.20. The van der Waals surface area contributed by atoms with Gasteiger partial charge in [0.05, 0.1) is 12.5 Å². The molecular formula is C26H37N3O11. The molecule has 0 saturated heterocycles. The molecule has 0 fully saturated rings. The summed E-state index contributed by atoms with van der Waals surface area (Å²) in [6, 6.07) is 2.68. The molecule has 1 aromatic rings. The molecular weight excluding hydrogens is 530 g/mol. The number of nitrogens with two attached hydrogens (primary N) is 1. The number of rotatable bonds is 15. The highest BCUT2D eigenvalue weighted by molar-refractivity contribution is 6.01. The average molecular weight is 568 g/mol. The molecule has 0 unspecified atom stereocenters. The van der Waals surface area contributed by atoms with Gasteiger partial charge in [-0.1, -0.05) is 31.9 Å². The second-order valence-corrected chi connectivity index (χ2v) is 9.98.